The highest BCUT2D eigenvalue weighted by molar-refractivity contribution is 5.72. The Balaban J connectivity index is 2.28. The fourth-order valence-corrected chi connectivity index (χ4v) is 1.33. The third-order valence-corrected chi connectivity index (χ3v) is 2.25. The molecule has 0 radical (unpaired) electrons. The summed E-state index contributed by atoms with van der Waals surface area (Å²) in [6, 6.07) is 5.11. The number of nitro benzene ring substituents is 1. The summed E-state index contributed by atoms with van der Waals surface area (Å²) in [6.07, 6.45) is 0.827. The van der Waals surface area contributed by atoms with Crippen molar-refractivity contribution >= 4 is 11.7 Å². The van der Waals surface area contributed by atoms with Crippen LogP contribution in [-0.2, 0) is 9.63 Å². The van der Waals surface area contributed by atoms with Crippen molar-refractivity contribution in [1.82, 2.24) is 0 Å². The van der Waals surface area contributed by atoms with Crippen molar-refractivity contribution in [2.24, 2.45) is 0 Å². The summed E-state index contributed by atoms with van der Waals surface area (Å²) in [7, 11) is 0. The number of non-ortho nitro benzene ring substituents is 1. The molecule has 1 aromatic carbocycles. The molecule has 1 rings (SSSR count). The Hall–Kier alpha value is -2.71. The van der Waals surface area contributed by atoms with Crippen LogP contribution in [0, 0.1) is 20.2 Å². The van der Waals surface area contributed by atoms with Crippen LogP contribution >= 0.6 is 0 Å². The van der Waals surface area contributed by atoms with Gasteiger partial charge in [-0.25, -0.2) is 0 Å². The van der Waals surface area contributed by atoms with Crippen molar-refractivity contribution in [1.29, 1.82) is 0 Å². The maximum Gasteiger partial charge on any atom is 0.311 e. The molecule has 0 saturated heterocycles. The van der Waals surface area contributed by atoms with Crippen molar-refractivity contribution in [3.8, 4) is 5.75 Å². The van der Waals surface area contributed by atoms with Gasteiger partial charge >= 0.3 is 5.97 Å². The summed E-state index contributed by atoms with van der Waals surface area (Å²) in [6.45, 7) is -0.0716. The number of hydrogen-bond acceptors (Lipinski definition) is 7. The van der Waals surface area contributed by atoms with E-state index in [1.165, 1.54) is 24.3 Å². The predicted molar refractivity (Wildman–Crippen MR) is 65.5 cm³/mol. The maximum absolute atomic E-state index is 11.4. The second kappa shape index (κ2) is 7.67. The normalized spacial score (nSPS) is 9.80. The van der Waals surface area contributed by atoms with Gasteiger partial charge in [-0.05, 0) is 25.0 Å². The van der Waals surface area contributed by atoms with Crippen LogP contribution in [0.2, 0.25) is 0 Å². The van der Waals surface area contributed by atoms with Gasteiger partial charge in [0.25, 0.3) is 10.8 Å². The minimum Gasteiger partial charge on any atom is -0.427 e. The summed E-state index contributed by atoms with van der Waals surface area (Å²) >= 11 is 0. The lowest BCUT2D eigenvalue weighted by Crippen LogP contribution is -2.08. The number of nitro groups is 1. The zero-order valence-electron chi connectivity index (χ0n) is 10.4. The number of unbranched alkanes of at least 4 members (excludes halogenated alkanes) is 1. The highest BCUT2D eigenvalue weighted by Crippen LogP contribution is 2.17. The molecule has 0 aliphatic rings. The molecule has 0 N–H and O–H groups in total. The smallest absolute Gasteiger partial charge is 0.311 e. The van der Waals surface area contributed by atoms with Crippen molar-refractivity contribution < 1.29 is 24.4 Å². The molecule has 0 fully saturated rings. The van der Waals surface area contributed by atoms with Gasteiger partial charge in [0.1, 0.15) is 5.75 Å². The molecular weight excluding hydrogens is 272 g/mol. The third-order valence-electron chi connectivity index (χ3n) is 2.25. The zero-order chi connectivity index (χ0) is 15.0. The Kier molecular flexibility index (Phi) is 5.88. The average molecular weight is 284 g/mol. The molecule has 1 aromatic rings. The highest BCUT2D eigenvalue weighted by Gasteiger charge is 2.08. The third kappa shape index (κ3) is 5.76. The Labute approximate surface area is 113 Å². The molecule has 0 aliphatic heterocycles. The van der Waals surface area contributed by atoms with E-state index in [9.17, 15) is 25.0 Å². The van der Waals surface area contributed by atoms with Crippen LogP contribution in [-0.4, -0.2) is 22.6 Å². The van der Waals surface area contributed by atoms with Gasteiger partial charge in [-0.2, -0.15) is 0 Å². The van der Waals surface area contributed by atoms with E-state index < -0.39 is 16.0 Å². The average Bonchev–Trinajstić information content (AvgIpc) is 2.38. The van der Waals surface area contributed by atoms with Crippen molar-refractivity contribution in [3.63, 3.8) is 0 Å². The van der Waals surface area contributed by atoms with Gasteiger partial charge in [-0.1, -0.05) is 0 Å². The second-order valence-corrected chi connectivity index (χ2v) is 3.74. The van der Waals surface area contributed by atoms with Gasteiger partial charge in [0.2, 0.25) is 0 Å². The van der Waals surface area contributed by atoms with Crippen molar-refractivity contribution in [2.45, 2.75) is 19.3 Å². The van der Waals surface area contributed by atoms with Gasteiger partial charge in [0.05, 0.1) is 11.5 Å². The van der Waals surface area contributed by atoms with E-state index in [2.05, 4.69) is 4.84 Å². The number of carbonyl (C=O) groups is 1. The van der Waals surface area contributed by atoms with Crippen LogP contribution in [0.3, 0.4) is 0 Å². The van der Waals surface area contributed by atoms with Crippen LogP contribution in [0.4, 0.5) is 5.69 Å². The number of nitrogens with zero attached hydrogens (tertiary/aromatic N) is 2. The van der Waals surface area contributed by atoms with E-state index in [0.717, 1.165) is 0 Å². The van der Waals surface area contributed by atoms with Crippen LogP contribution in [0.1, 0.15) is 19.3 Å². The van der Waals surface area contributed by atoms with Crippen LogP contribution in [0.15, 0.2) is 24.3 Å². The number of hydrogen-bond donors (Lipinski definition) is 0. The largest absolute Gasteiger partial charge is 0.427 e. The lowest BCUT2D eigenvalue weighted by Gasteiger charge is -2.03. The van der Waals surface area contributed by atoms with Gasteiger partial charge in [0.15, 0.2) is 0 Å². The second-order valence-electron chi connectivity index (χ2n) is 3.74. The lowest BCUT2D eigenvalue weighted by atomic mass is 10.2. The quantitative estimate of drug-likeness (QED) is 0.235. The molecule has 0 bridgehead atoms. The molecule has 0 spiro atoms. The minimum atomic E-state index is -0.894. The Morgan fingerprint density at radius 3 is 2.30 bits per heavy atom. The predicted octanol–water partition coefficient (Wildman–Crippen LogP) is 1.88. The van der Waals surface area contributed by atoms with Gasteiger partial charge in [-0.3, -0.25) is 14.9 Å². The summed E-state index contributed by atoms with van der Waals surface area (Å²) in [5, 5.41) is 19.4. The van der Waals surface area contributed by atoms with Crippen LogP contribution in [0.5, 0.6) is 5.75 Å². The molecule has 9 heteroatoms. The Morgan fingerprint density at radius 1 is 1.10 bits per heavy atom. The van der Waals surface area contributed by atoms with Gasteiger partial charge in [0, 0.05) is 18.6 Å². The molecular formula is C11H12N2O7. The standard InChI is InChI=1S/C11H12N2O7/c14-11(3-1-2-8-19-13(17)18)20-10-6-4-9(5-7-10)12(15)16/h4-7H,1-3,8H2. The molecule has 0 aromatic heterocycles. The topological polar surface area (TPSA) is 122 Å². The van der Waals surface area contributed by atoms with Crippen LogP contribution < -0.4 is 4.74 Å². The van der Waals surface area contributed by atoms with Gasteiger partial charge in [-0.15, -0.1) is 10.1 Å². The summed E-state index contributed by atoms with van der Waals surface area (Å²) < 4.78 is 4.94. The first kappa shape index (κ1) is 15.3. The Bertz CT molecular complexity index is 486. The highest BCUT2D eigenvalue weighted by atomic mass is 16.9. The molecule has 0 aliphatic carbocycles. The molecule has 20 heavy (non-hydrogen) atoms. The molecule has 108 valence electrons. The molecule has 0 saturated carbocycles. The zero-order valence-corrected chi connectivity index (χ0v) is 10.4. The Morgan fingerprint density at radius 2 is 1.75 bits per heavy atom. The van der Waals surface area contributed by atoms with Crippen LogP contribution in [0.25, 0.3) is 0 Å². The fourth-order valence-electron chi connectivity index (χ4n) is 1.33. The first-order valence-electron chi connectivity index (χ1n) is 5.71. The van der Waals surface area contributed by atoms with E-state index >= 15 is 0 Å². The monoisotopic (exact) mass is 284 g/mol. The number of benzene rings is 1. The first-order chi connectivity index (χ1) is 9.49. The molecule has 0 atom stereocenters. The number of rotatable bonds is 8. The molecule has 0 amide bonds. The van der Waals surface area contributed by atoms with E-state index in [0.29, 0.717) is 12.8 Å². The van der Waals surface area contributed by atoms with E-state index in [1.54, 1.807) is 0 Å². The summed E-state index contributed by atoms with van der Waals surface area (Å²) in [5.41, 5.74) is -0.0956. The number of esters is 1. The van der Waals surface area contributed by atoms with E-state index in [1.807, 2.05) is 0 Å². The lowest BCUT2D eigenvalue weighted by molar-refractivity contribution is -0.757. The first-order valence-corrected chi connectivity index (χ1v) is 5.71. The number of ether oxygens (including phenoxy) is 1. The van der Waals surface area contributed by atoms with E-state index in [4.69, 9.17) is 4.74 Å². The minimum absolute atomic E-state index is 0.0716. The van der Waals surface area contributed by atoms with Gasteiger partial charge < -0.3 is 9.57 Å². The van der Waals surface area contributed by atoms with Crippen molar-refractivity contribution in [3.05, 3.63) is 44.5 Å². The van der Waals surface area contributed by atoms with Crippen molar-refractivity contribution in [2.75, 3.05) is 6.61 Å². The molecule has 0 unspecified atom stereocenters. The SMILES string of the molecule is O=C(CCCCO[N+](=O)[O-])Oc1ccc([N+](=O)[O-])cc1. The van der Waals surface area contributed by atoms with E-state index in [-0.39, 0.29) is 24.5 Å². The summed E-state index contributed by atoms with van der Waals surface area (Å²) in [5.74, 6) is -0.304. The number of carbonyl (C=O) groups excluding carboxylic acids is 1. The fraction of sp³-hybridized carbons (Fsp3) is 0.364. The summed E-state index contributed by atoms with van der Waals surface area (Å²) in [4.78, 5) is 35.2. The molecule has 9 nitrogen and oxygen atoms in total. The maximum atomic E-state index is 11.4. The molecule has 0 heterocycles.